The number of benzene rings is 2. The molecule has 18 heavy (non-hydrogen) atoms. The molecular weight excluding hydrogens is 286 g/mol. The molecule has 1 N–H and O–H groups in total. The lowest BCUT2D eigenvalue weighted by Crippen LogP contribution is -2.22. The maximum atomic E-state index is 3.73. The van der Waals surface area contributed by atoms with E-state index in [1.807, 2.05) is 0 Å². The molecule has 1 saturated carbocycles. The Kier molecular flexibility index (Phi) is 3.55. The smallest absolute Gasteiger partial charge is 0.0422 e. The Morgan fingerprint density at radius 1 is 0.889 bits per heavy atom. The van der Waals surface area contributed by atoms with Crippen LogP contribution < -0.4 is 5.32 Å². The fourth-order valence-electron chi connectivity index (χ4n) is 2.86. The van der Waals surface area contributed by atoms with E-state index >= 15 is 0 Å². The second kappa shape index (κ2) is 5.31. The van der Waals surface area contributed by atoms with Crippen LogP contribution in [0.3, 0.4) is 0 Å². The molecule has 2 aromatic carbocycles. The number of hydrogen-bond donors (Lipinski definition) is 1. The van der Waals surface area contributed by atoms with Crippen molar-refractivity contribution >= 4 is 32.4 Å². The normalized spacial score (nSPS) is 16.9. The van der Waals surface area contributed by atoms with Crippen LogP contribution in [0.2, 0.25) is 0 Å². The van der Waals surface area contributed by atoms with Gasteiger partial charge in [0.25, 0.3) is 0 Å². The van der Waals surface area contributed by atoms with Crippen LogP contribution in [0.5, 0.6) is 0 Å². The molecule has 0 aromatic heterocycles. The lowest BCUT2D eigenvalue weighted by Gasteiger charge is -2.24. The molecule has 0 aliphatic heterocycles. The molecule has 0 heterocycles. The molecule has 0 bridgehead atoms. The van der Waals surface area contributed by atoms with Crippen LogP contribution >= 0.6 is 15.9 Å². The quantitative estimate of drug-likeness (QED) is 0.789. The van der Waals surface area contributed by atoms with Crippen molar-refractivity contribution in [3.05, 3.63) is 40.9 Å². The van der Waals surface area contributed by atoms with Crippen LogP contribution in [-0.4, -0.2) is 6.04 Å². The number of anilines is 1. The summed E-state index contributed by atoms with van der Waals surface area (Å²) in [6.45, 7) is 0. The summed E-state index contributed by atoms with van der Waals surface area (Å²) in [6, 6.07) is 13.6. The molecule has 0 spiro atoms. The Hall–Kier alpha value is -1.02. The molecule has 1 fully saturated rings. The van der Waals surface area contributed by atoms with E-state index in [-0.39, 0.29) is 0 Å². The van der Waals surface area contributed by atoms with Crippen molar-refractivity contribution in [1.82, 2.24) is 0 Å². The monoisotopic (exact) mass is 303 g/mol. The van der Waals surface area contributed by atoms with E-state index in [4.69, 9.17) is 0 Å². The van der Waals surface area contributed by atoms with Gasteiger partial charge >= 0.3 is 0 Å². The highest BCUT2D eigenvalue weighted by Crippen LogP contribution is 2.31. The first-order valence-electron chi connectivity index (χ1n) is 6.78. The van der Waals surface area contributed by atoms with E-state index in [0.29, 0.717) is 6.04 Å². The van der Waals surface area contributed by atoms with Gasteiger partial charge in [-0.2, -0.15) is 0 Å². The van der Waals surface area contributed by atoms with Gasteiger partial charge in [0.05, 0.1) is 0 Å². The zero-order valence-electron chi connectivity index (χ0n) is 10.5. The Balaban J connectivity index is 1.94. The van der Waals surface area contributed by atoms with Crippen LogP contribution in [0.1, 0.15) is 32.1 Å². The minimum atomic E-state index is 0.656. The van der Waals surface area contributed by atoms with Gasteiger partial charge in [0.1, 0.15) is 0 Å². The standard InChI is InChI=1S/C16H18BrN/c17-15-10-11-16(14-9-5-4-8-13(14)15)18-12-6-2-1-3-7-12/h4-5,8-12,18H,1-3,6-7H2. The topological polar surface area (TPSA) is 12.0 Å². The number of halogens is 1. The fraction of sp³-hybridized carbons (Fsp3) is 0.375. The van der Waals surface area contributed by atoms with Crippen LogP contribution in [0.4, 0.5) is 5.69 Å². The predicted molar refractivity (Wildman–Crippen MR) is 82.1 cm³/mol. The summed E-state index contributed by atoms with van der Waals surface area (Å²) in [5, 5.41) is 6.34. The van der Waals surface area contributed by atoms with Gasteiger partial charge < -0.3 is 5.32 Å². The maximum Gasteiger partial charge on any atom is 0.0422 e. The fourth-order valence-corrected chi connectivity index (χ4v) is 3.33. The number of rotatable bonds is 2. The van der Waals surface area contributed by atoms with Crippen LogP contribution in [0.15, 0.2) is 40.9 Å². The molecule has 0 atom stereocenters. The summed E-state index contributed by atoms with van der Waals surface area (Å²) in [4.78, 5) is 0. The van der Waals surface area contributed by atoms with E-state index in [0.717, 1.165) is 0 Å². The molecule has 3 rings (SSSR count). The number of nitrogens with one attached hydrogen (secondary N) is 1. The van der Waals surface area contributed by atoms with Crippen molar-refractivity contribution in [2.75, 3.05) is 5.32 Å². The largest absolute Gasteiger partial charge is 0.382 e. The van der Waals surface area contributed by atoms with E-state index < -0.39 is 0 Å². The highest BCUT2D eigenvalue weighted by Gasteiger charge is 2.14. The van der Waals surface area contributed by atoms with Gasteiger partial charge in [-0.1, -0.05) is 59.5 Å². The van der Waals surface area contributed by atoms with E-state index in [1.54, 1.807) is 0 Å². The molecular formula is C16H18BrN. The lowest BCUT2D eigenvalue weighted by atomic mass is 9.95. The van der Waals surface area contributed by atoms with Gasteiger partial charge in [0.15, 0.2) is 0 Å². The summed E-state index contributed by atoms with van der Waals surface area (Å²) in [5.74, 6) is 0. The average Bonchev–Trinajstić information content (AvgIpc) is 2.44. The predicted octanol–water partition coefficient (Wildman–Crippen LogP) is 5.35. The molecule has 0 unspecified atom stereocenters. The van der Waals surface area contributed by atoms with Gasteiger partial charge in [0, 0.05) is 21.6 Å². The zero-order chi connectivity index (χ0) is 12.4. The van der Waals surface area contributed by atoms with Crippen molar-refractivity contribution in [2.24, 2.45) is 0 Å². The van der Waals surface area contributed by atoms with E-state index in [1.165, 1.54) is 53.0 Å². The summed E-state index contributed by atoms with van der Waals surface area (Å²) < 4.78 is 1.17. The van der Waals surface area contributed by atoms with Crippen LogP contribution in [-0.2, 0) is 0 Å². The maximum absolute atomic E-state index is 3.73. The van der Waals surface area contributed by atoms with Crippen molar-refractivity contribution < 1.29 is 0 Å². The molecule has 2 heteroatoms. The first-order chi connectivity index (χ1) is 8.84. The van der Waals surface area contributed by atoms with Crippen molar-refractivity contribution in [1.29, 1.82) is 0 Å². The minimum absolute atomic E-state index is 0.656. The molecule has 1 aliphatic carbocycles. The molecule has 0 amide bonds. The first kappa shape index (κ1) is 12.0. The number of hydrogen-bond acceptors (Lipinski definition) is 1. The summed E-state index contributed by atoms with van der Waals surface area (Å²) in [7, 11) is 0. The second-order valence-electron chi connectivity index (χ2n) is 5.12. The van der Waals surface area contributed by atoms with Crippen molar-refractivity contribution in [2.45, 2.75) is 38.1 Å². The van der Waals surface area contributed by atoms with Crippen molar-refractivity contribution in [3.8, 4) is 0 Å². The van der Waals surface area contributed by atoms with Gasteiger partial charge in [-0.25, -0.2) is 0 Å². The van der Waals surface area contributed by atoms with Gasteiger partial charge in [-0.15, -0.1) is 0 Å². The summed E-state index contributed by atoms with van der Waals surface area (Å²) >= 11 is 3.63. The first-order valence-corrected chi connectivity index (χ1v) is 7.58. The van der Waals surface area contributed by atoms with Gasteiger partial charge in [-0.3, -0.25) is 0 Å². The SMILES string of the molecule is Brc1ccc(NC2CCCCC2)c2ccccc12. The molecule has 1 aliphatic rings. The molecule has 0 radical (unpaired) electrons. The third-order valence-electron chi connectivity index (χ3n) is 3.84. The Morgan fingerprint density at radius 2 is 1.61 bits per heavy atom. The van der Waals surface area contributed by atoms with E-state index in [2.05, 4.69) is 57.6 Å². The van der Waals surface area contributed by atoms with Crippen molar-refractivity contribution in [3.63, 3.8) is 0 Å². The summed E-state index contributed by atoms with van der Waals surface area (Å²) in [5.41, 5.74) is 1.28. The second-order valence-corrected chi connectivity index (χ2v) is 5.97. The third-order valence-corrected chi connectivity index (χ3v) is 4.53. The average molecular weight is 304 g/mol. The zero-order valence-corrected chi connectivity index (χ0v) is 12.0. The van der Waals surface area contributed by atoms with Gasteiger partial charge in [0.2, 0.25) is 0 Å². The molecule has 94 valence electrons. The van der Waals surface area contributed by atoms with Crippen LogP contribution in [0.25, 0.3) is 10.8 Å². The lowest BCUT2D eigenvalue weighted by molar-refractivity contribution is 0.463. The van der Waals surface area contributed by atoms with Crippen LogP contribution in [0, 0.1) is 0 Å². The summed E-state index contributed by atoms with van der Waals surface area (Å²) in [6.07, 6.45) is 6.76. The number of fused-ring (bicyclic) bond motifs is 1. The Labute approximate surface area is 117 Å². The van der Waals surface area contributed by atoms with E-state index in [9.17, 15) is 0 Å². The molecule has 1 nitrogen and oxygen atoms in total. The third kappa shape index (κ3) is 2.39. The molecule has 2 aromatic rings. The molecule has 0 saturated heterocycles. The highest BCUT2D eigenvalue weighted by molar-refractivity contribution is 9.10. The minimum Gasteiger partial charge on any atom is -0.382 e. The Bertz CT molecular complexity index is 544. The van der Waals surface area contributed by atoms with Gasteiger partial charge in [-0.05, 0) is 30.4 Å². The highest BCUT2D eigenvalue weighted by atomic mass is 79.9. The Morgan fingerprint density at radius 3 is 2.39 bits per heavy atom.